The molecule has 0 aromatic heterocycles. The first-order chi connectivity index (χ1) is 22.6. The minimum atomic E-state index is 0.0585. The van der Waals surface area contributed by atoms with Crippen LogP contribution in [-0.4, -0.2) is 12.1 Å². The molecule has 0 radical (unpaired) electrons. The third-order valence-corrected chi connectivity index (χ3v) is 14.5. The summed E-state index contributed by atoms with van der Waals surface area (Å²) < 4.78 is 6.13. The van der Waals surface area contributed by atoms with Crippen molar-refractivity contribution in [3.05, 3.63) is 23.8 Å². The van der Waals surface area contributed by atoms with E-state index in [-0.39, 0.29) is 12.1 Å². The number of fused-ring (bicyclic) bond motifs is 5. The molecule has 2 heteroatoms. The standard InChI is InChI=1S/C45H78O2/c1-8-10-11-12-13-14-15-16-17-18-19-20-21-22-43(46)47-38-29-31-44(6)37(33-38)25-26-39-41-28-27-40(45(41,7)32-30-42(39)44)35(5)23-24-36(9-2)34(3)4/h23-25,34-36,38-42H,8-22,26-33H2,1-7H3/b24-23-/t35?,36?,38-,39?,40?,41?,42?,44-,45+/m0/s1. The van der Waals surface area contributed by atoms with E-state index in [4.69, 9.17) is 4.74 Å². The van der Waals surface area contributed by atoms with Crippen LogP contribution in [0.5, 0.6) is 0 Å². The highest BCUT2D eigenvalue weighted by Gasteiger charge is 2.59. The number of carbonyl (C=O) groups is 1. The summed E-state index contributed by atoms with van der Waals surface area (Å²) in [7, 11) is 0. The zero-order valence-electron chi connectivity index (χ0n) is 32.4. The molecule has 0 amide bonds. The lowest BCUT2D eigenvalue weighted by Gasteiger charge is -2.58. The summed E-state index contributed by atoms with van der Waals surface area (Å²) in [6.45, 7) is 17.2. The predicted octanol–water partition coefficient (Wildman–Crippen LogP) is 13.8. The van der Waals surface area contributed by atoms with Gasteiger partial charge >= 0.3 is 5.97 Å². The zero-order chi connectivity index (χ0) is 33.9. The largest absolute Gasteiger partial charge is 0.462 e. The van der Waals surface area contributed by atoms with Crippen molar-refractivity contribution in [2.45, 2.75) is 202 Å². The molecule has 0 aliphatic heterocycles. The van der Waals surface area contributed by atoms with Crippen LogP contribution in [0.15, 0.2) is 23.8 Å². The molecule has 4 aliphatic rings. The Bertz CT molecular complexity index is 992. The average molecular weight is 651 g/mol. The maximum atomic E-state index is 12.8. The van der Waals surface area contributed by atoms with E-state index in [1.807, 2.05) is 0 Å². The van der Waals surface area contributed by atoms with Crippen molar-refractivity contribution in [1.29, 1.82) is 0 Å². The van der Waals surface area contributed by atoms with Crippen molar-refractivity contribution in [2.24, 2.45) is 52.3 Å². The van der Waals surface area contributed by atoms with E-state index in [0.29, 0.717) is 29.1 Å². The zero-order valence-corrected chi connectivity index (χ0v) is 32.4. The predicted molar refractivity (Wildman–Crippen MR) is 202 cm³/mol. The molecule has 0 saturated heterocycles. The Morgan fingerprint density at radius 1 is 0.809 bits per heavy atom. The van der Waals surface area contributed by atoms with Gasteiger partial charge in [0.2, 0.25) is 0 Å². The normalized spacial score (nSPS) is 33.3. The Kier molecular flexibility index (Phi) is 15.5. The van der Waals surface area contributed by atoms with Crippen molar-refractivity contribution in [2.75, 3.05) is 0 Å². The van der Waals surface area contributed by atoms with Crippen LogP contribution in [0.1, 0.15) is 196 Å². The van der Waals surface area contributed by atoms with E-state index in [0.717, 1.165) is 48.9 Å². The van der Waals surface area contributed by atoms with Crippen LogP contribution in [-0.2, 0) is 9.53 Å². The van der Waals surface area contributed by atoms with Crippen molar-refractivity contribution < 1.29 is 9.53 Å². The molecule has 4 rings (SSSR count). The van der Waals surface area contributed by atoms with E-state index in [9.17, 15) is 4.79 Å². The first-order valence-corrected chi connectivity index (χ1v) is 21.2. The lowest BCUT2D eigenvalue weighted by atomic mass is 9.47. The molecule has 3 fully saturated rings. The van der Waals surface area contributed by atoms with Crippen LogP contribution >= 0.6 is 0 Å². The van der Waals surface area contributed by atoms with Gasteiger partial charge in [0.1, 0.15) is 6.10 Å². The summed E-state index contributed by atoms with van der Waals surface area (Å²) in [4.78, 5) is 12.8. The molecule has 0 aromatic carbocycles. The number of esters is 1. The second-order valence-electron chi connectivity index (χ2n) is 17.9. The second-order valence-corrected chi connectivity index (χ2v) is 17.9. The van der Waals surface area contributed by atoms with Crippen LogP contribution in [0, 0.1) is 52.3 Å². The Morgan fingerprint density at radius 3 is 2.06 bits per heavy atom. The van der Waals surface area contributed by atoms with Gasteiger partial charge in [-0.1, -0.05) is 149 Å². The molecular weight excluding hydrogens is 572 g/mol. The minimum absolute atomic E-state index is 0.0585. The van der Waals surface area contributed by atoms with Crippen molar-refractivity contribution in [1.82, 2.24) is 0 Å². The van der Waals surface area contributed by atoms with Gasteiger partial charge in [0.05, 0.1) is 0 Å². The van der Waals surface area contributed by atoms with Crippen LogP contribution in [0.25, 0.3) is 0 Å². The molecule has 270 valence electrons. The monoisotopic (exact) mass is 651 g/mol. The number of hydrogen-bond acceptors (Lipinski definition) is 2. The third-order valence-electron chi connectivity index (χ3n) is 14.5. The number of carbonyl (C=O) groups excluding carboxylic acids is 1. The number of allylic oxidation sites excluding steroid dienone is 3. The van der Waals surface area contributed by atoms with Gasteiger partial charge in [-0.15, -0.1) is 0 Å². The summed E-state index contributed by atoms with van der Waals surface area (Å²) in [6.07, 6.45) is 37.4. The van der Waals surface area contributed by atoms with Crippen LogP contribution in [0.4, 0.5) is 0 Å². The quantitative estimate of drug-likeness (QED) is 0.0744. The van der Waals surface area contributed by atoms with Gasteiger partial charge in [0, 0.05) is 12.8 Å². The number of hydrogen-bond donors (Lipinski definition) is 0. The molecule has 0 heterocycles. The fraction of sp³-hybridized carbons (Fsp3) is 0.889. The molecule has 3 saturated carbocycles. The maximum absolute atomic E-state index is 12.8. The maximum Gasteiger partial charge on any atom is 0.306 e. The fourth-order valence-corrected chi connectivity index (χ4v) is 11.4. The molecule has 2 nitrogen and oxygen atoms in total. The molecule has 47 heavy (non-hydrogen) atoms. The summed E-state index contributed by atoms with van der Waals surface area (Å²) in [5.74, 6) is 5.56. The van der Waals surface area contributed by atoms with Gasteiger partial charge in [0.25, 0.3) is 0 Å². The Hall–Kier alpha value is -1.05. The topological polar surface area (TPSA) is 26.3 Å². The summed E-state index contributed by atoms with van der Waals surface area (Å²) in [5.41, 5.74) is 2.45. The molecule has 6 unspecified atom stereocenters. The molecule has 4 aliphatic carbocycles. The highest BCUT2D eigenvalue weighted by atomic mass is 16.5. The molecule has 0 spiro atoms. The second kappa shape index (κ2) is 18.8. The number of ether oxygens (including phenoxy) is 1. The van der Waals surface area contributed by atoms with Crippen LogP contribution < -0.4 is 0 Å². The van der Waals surface area contributed by atoms with E-state index in [1.165, 1.54) is 122 Å². The summed E-state index contributed by atoms with van der Waals surface area (Å²) in [6, 6.07) is 0. The SMILES string of the molecule is CCCCCCCCCCCCCCCC(=O)O[C@H]1CC[C@@]2(C)C(=CCC3C4CCC(C(C)/C=C\C(CC)C(C)C)[C@@]4(C)CCC32)C1. The molecule has 0 aromatic rings. The van der Waals surface area contributed by atoms with E-state index >= 15 is 0 Å². The van der Waals surface area contributed by atoms with Crippen LogP contribution in [0.3, 0.4) is 0 Å². The molecule has 0 bridgehead atoms. The lowest BCUT2D eigenvalue weighted by Crippen LogP contribution is -2.51. The van der Waals surface area contributed by atoms with Gasteiger partial charge in [-0.05, 0) is 110 Å². The fourth-order valence-electron chi connectivity index (χ4n) is 11.4. The molecule has 0 N–H and O–H groups in total. The van der Waals surface area contributed by atoms with Crippen molar-refractivity contribution in [3.63, 3.8) is 0 Å². The van der Waals surface area contributed by atoms with Crippen molar-refractivity contribution in [3.8, 4) is 0 Å². The van der Waals surface area contributed by atoms with Gasteiger partial charge in [-0.3, -0.25) is 4.79 Å². The van der Waals surface area contributed by atoms with Gasteiger partial charge < -0.3 is 4.74 Å². The van der Waals surface area contributed by atoms with E-state index in [1.54, 1.807) is 5.57 Å². The summed E-state index contributed by atoms with van der Waals surface area (Å²) >= 11 is 0. The highest BCUT2D eigenvalue weighted by molar-refractivity contribution is 5.69. The number of unbranched alkanes of at least 4 members (excludes halogenated alkanes) is 12. The molecular formula is C45H78O2. The van der Waals surface area contributed by atoms with Gasteiger partial charge in [-0.2, -0.15) is 0 Å². The average Bonchev–Trinajstić information content (AvgIpc) is 3.41. The Labute approximate surface area is 293 Å². The molecule has 9 atom stereocenters. The third kappa shape index (κ3) is 10.0. The smallest absolute Gasteiger partial charge is 0.306 e. The summed E-state index contributed by atoms with van der Waals surface area (Å²) in [5, 5.41) is 0. The Balaban J connectivity index is 1.17. The van der Waals surface area contributed by atoms with Gasteiger partial charge in [0.15, 0.2) is 0 Å². The first kappa shape index (κ1) is 38.7. The van der Waals surface area contributed by atoms with E-state index < -0.39 is 0 Å². The Morgan fingerprint density at radius 2 is 1.45 bits per heavy atom. The first-order valence-electron chi connectivity index (χ1n) is 21.2. The van der Waals surface area contributed by atoms with E-state index in [2.05, 4.69) is 66.7 Å². The van der Waals surface area contributed by atoms with Crippen molar-refractivity contribution >= 4 is 5.97 Å². The lowest BCUT2D eigenvalue weighted by molar-refractivity contribution is -0.151. The van der Waals surface area contributed by atoms with Crippen LogP contribution in [0.2, 0.25) is 0 Å². The van der Waals surface area contributed by atoms with Gasteiger partial charge in [-0.25, -0.2) is 0 Å². The number of rotatable bonds is 20. The minimum Gasteiger partial charge on any atom is -0.462 e. The highest BCUT2D eigenvalue weighted by Crippen LogP contribution is 2.67.